The lowest BCUT2D eigenvalue weighted by molar-refractivity contribution is 0.505. The van der Waals surface area contributed by atoms with E-state index < -0.39 is 11.6 Å². The van der Waals surface area contributed by atoms with Gasteiger partial charge in [-0.2, -0.15) is 0 Å². The molecule has 1 aromatic carbocycles. The number of benzene rings is 1. The molecule has 2 aromatic heterocycles. The van der Waals surface area contributed by atoms with Gasteiger partial charge >= 0.3 is 0 Å². The lowest BCUT2D eigenvalue weighted by Gasteiger charge is -2.06. The van der Waals surface area contributed by atoms with E-state index in [-0.39, 0.29) is 17.0 Å². The third-order valence-electron chi connectivity index (χ3n) is 3.41. The van der Waals surface area contributed by atoms with Gasteiger partial charge < -0.3 is 0 Å². The maximum Gasteiger partial charge on any atom is 0.170 e. The molecule has 5 heteroatoms. The lowest BCUT2D eigenvalue weighted by Crippen LogP contribution is -1.97. The number of hydrogen-bond donors (Lipinski definition) is 0. The fourth-order valence-electron chi connectivity index (χ4n) is 2.07. The van der Waals surface area contributed by atoms with Crippen LogP contribution in [0.4, 0.5) is 8.78 Å². The highest BCUT2D eigenvalue weighted by Crippen LogP contribution is 2.24. The molecule has 0 aliphatic heterocycles. The van der Waals surface area contributed by atoms with Crippen molar-refractivity contribution in [3.05, 3.63) is 65.7 Å². The van der Waals surface area contributed by atoms with E-state index in [1.807, 2.05) is 19.1 Å². The number of aryl methyl sites for hydroxylation is 2. The predicted octanol–water partition coefficient (Wildman–Crippen LogP) is 4.10. The molecular weight excluding hydrogens is 284 g/mol. The predicted molar refractivity (Wildman–Crippen MR) is 80.1 cm³/mol. The second-order valence-corrected chi connectivity index (χ2v) is 5.04. The number of rotatable bonds is 2. The Balaban J connectivity index is 1.98. The first-order chi connectivity index (χ1) is 10.6. The van der Waals surface area contributed by atoms with E-state index in [1.165, 1.54) is 19.1 Å². The molecule has 0 aliphatic carbocycles. The quantitative estimate of drug-likeness (QED) is 0.715. The van der Waals surface area contributed by atoms with Crippen molar-refractivity contribution in [2.24, 2.45) is 0 Å². The molecular formula is C17H13F2N3. The van der Waals surface area contributed by atoms with Crippen molar-refractivity contribution in [2.45, 2.75) is 13.8 Å². The Hall–Kier alpha value is -2.69. The van der Waals surface area contributed by atoms with Gasteiger partial charge in [0, 0.05) is 35.4 Å². The summed E-state index contributed by atoms with van der Waals surface area (Å²) in [6.07, 6.45) is 4.87. The fourth-order valence-corrected chi connectivity index (χ4v) is 2.07. The molecule has 110 valence electrons. The van der Waals surface area contributed by atoms with E-state index in [0.717, 1.165) is 16.8 Å². The average molecular weight is 297 g/mol. The molecule has 22 heavy (non-hydrogen) atoms. The molecule has 0 fully saturated rings. The van der Waals surface area contributed by atoms with Crippen molar-refractivity contribution in [1.29, 1.82) is 0 Å². The molecule has 2 heterocycles. The van der Waals surface area contributed by atoms with Crippen molar-refractivity contribution in [3.8, 4) is 22.5 Å². The zero-order valence-corrected chi connectivity index (χ0v) is 12.1. The van der Waals surface area contributed by atoms with Gasteiger partial charge in [-0.25, -0.2) is 18.7 Å². The molecule has 0 N–H and O–H groups in total. The first kappa shape index (κ1) is 14.3. The van der Waals surface area contributed by atoms with E-state index in [2.05, 4.69) is 15.0 Å². The summed E-state index contributed by atoms with van der Waals surface area (Å²) < 4.78 is 27.6. The Morgan fingerprint density at radius 1 is 0.727 bits per heavy atom. The molecule has 0 aliphatic rings. The summed E-state index contributed by atoms with van der Waals surface area (Å²) in [6, 6.07) is 6.79. The van der Waals surface area contributed by atoms with Crippen LogP contribution in [0, 0.1) is 25.5 Å². The van der Waals surface area contributed by atoms with Gasteiger partial charge in [-0.1, -0.05) is 12.1 Å². The van der Waals surface area contributed by atoms with Crippen LogP contribution in [0.15, 0.2) is 42.9 Å². The minimum absolute atomic E-state index is 0.0525. The molecule has 0 spiro atoms. The zero-order chi connectivity index (χ0) is 15.7. The average Bonchev–Trinajstić information content (AvgIpc) is 2.54. The first-order valence-electron chi connectivity index (χ1n) is 6.76. The molecule has 0 amide bonds. The molecule has 0 radical (unpaired) electrons. The maximum absolute atomic E-state index is 14.0. The minimum Gasteiger partial charge on any atom is -0.261 e. The monoisotopic (exact) mass is 297 g/mol. The van der Waals surface area contributed by atoms with Gasteiger partial charge in [-0.3, -0.25) is 4.98 Å². The number of nitrogens with zero attached hydrogens (tertiary/aromatic N) is 3. The van der Waals surface area contributed by atoms with Crippen molar-refractivity contribution in [1.82, 2.24) is 15.0 Å². The summed E-state index contributed by atoms with van der Waals surface area (Å²) in [5.41, 5.74) is 2.86. The standard InChI is InChI=1S/C17H13F2N3/c1-10-3-6-14(16(19)15(10)18)17-21-8-13(9-22-17)12-5-4-11(2)20-7-12/h3-9H,1-2H3. The molecule has 0 unspecified atom stereocenters. The molecule has 3 rings (SSSR count). The van der Waals surface area contributed by atoms with E-state index >= 15 is 0 Å². The highest BCUT2D eigenvalue weighted by Gasteiger charge is 2.14. The van der Waals surface area contributed by atoms with E-state index in [9.17, 15) is 8.78 Å². The Morgan fingerprint density at radius 2 is 1.41 bits per heavy atom. The van der Waals surface area contributed by atoms with Crippen molar-refractivity contribution >= 4 is 0 Å². The minimum atomic E-state index is -0.926. The molecule has 0 saturated carbocycles. The van der Waals surface area contributed by atoms with Crippen LogP contribution in [0.1, 0.15) is 11.3 Å². The summed E-state index contributed by atoms with van der Waals surface area (Å²) in [7, 11) is 0. The second kappa shape index (κ2) is 5.60. The first-order valence-corrected chi connectivity index (χ1v) is 6.76. The smallest absolute Gasteiger partial charge is 0.170 e. The van der Waals surface area contributed by atoms with Gasteiger partial charge in [-0.15, -0.1) is 0 Å². The van der Waals surface area contributed by atoms with Crippen LogP contribution in [-0.4, -0.2) is 15.0 Å². The topological polar surface area (TPSA) is 38.7 Å². The Labute approximate surface area is 126 Å². The SMILES string of the molecule is Cc1ccc(-c2cnc(-c3ccc(C)c(F)c3F)nc2)cn1. The van der Waals surface area contributed by atoms with Crippen molar-refractivity contribution in [3.63, 3.8) is 0 Å². The van der Waals surface area contributed by atoms with Crippen molar-refractivity contribution < 1.29 is 8.78 Å². The molecule has 0 atom stereocenters. The lowest BCUT2D eigenvalue weighted by atomic mass is 10.1. The van der Waals surface area contributed by atoms with Crippen molar-refractivity contribution in [2.75, 3.05) is 0 Å². The second-order valence-electron chi connectivity index (χ2n) is 5.04. The van der Waals surface area contributed by atoms with Crippen LogP contribution in [0.3, 0.4) is 0 Å². The van der Waals surface area contributed by atoms with Gasteiger partial charge in [0.25, 0.3) is 0 Å². The highest BCUT2D eigenvalue weighted by atomic mass is 19.2. The molecule has 0 bridgehead atoms. The Kier molecular flexibility index (Phi) is 3.63. The Bertz CT molecular complexity index is 813. The van der Waals surface area contributed by atoms with E-state index in [0.29, 0.717) is 0 Å². The maximum atomic E-state index is 14.0. The summed E-state index contributed by atoms with van der Waals surface area (Å²) in [5.74, 6) is -1.64. The van der Waals surface area contributed by atoms with Crippen LogP contribution in [0.25, 0.3) is 22.5 Å². The van der Waals surface area contributed by atoms with Crippen LogP contribution in [0.2, 0.25) is 0 Å². The molecule has 3 nitrogen and oxygen atoms in total. The van der Waals surface area contributed by atoms with Crippen LogP contribution in [-0.2, 0) is 0 Å². The number of hydrogen-bond acceptors (Lipinski definition) is 3. The van der Waals surface area contributed by atoms with Gasteiger partial charge in [0.05, 0.1) is 5.56 Å². The third kappa shape index (κ3) is 2.57. The van der Waals surface area contributed by atoms with Crippen LogP contribution >= 0.6 is 0 Å². The molecule has 0 saturated heterocycles. The van der Waals surface area contributed by atoms with Crippen LogP contribution in [0.5, 0.6) is 0 Å². The van der Waals surface area contributed by atoms with Gasteiger partial charge in [0.2, 0.25) is 0 Å². The van der Waals surface area contributed by atoms with E-state index in [4.69, 9.17) is 0 Å². The number of halogens is 2. The normalized spacial score (nSPS) is 10.7. The summed E-state index contributed by atoms with van der Waals surface area (Å²) in [4.78, 5) is 12.5. The summed E-state index contributed by atoms with van der Waals surface area (Å²) >= 11 is 0. The zero-order valence-electron chi connectivity index (χ0n) is 12.1. The number of aromatic nitrogens is 3. The molecule has 3 aromatic rings. The number of pyridine rings is 1. The fraction of sp³-hybridized carbons (Fsp3) is 0.118. The summed E-state index contributed by atoms with van der Waals surface area (Å²) in [5, 5.41) is 0. The Morgan fingerprint density at radius 3 is 2.05 bits per heavy atom. The van der Waals surface area contributed by atoms with E-state index in [1.54, 1.807) is 18.6 Å². The third-order valence-corrected chi connectivity index (χ3v) is 3.41. The van der Waals surface area contributed by atoms with Gasteiger partial charge in [0.15, 0.2) is 17.5 Å². The van der Waals surface area contributed by atoms with Crippen LogP contribution < -0.4 is 0 Å². The van der Waals surface area contributed by atoms with Gasteiger partial charge in [-0.05, 0) is 31.5 Å². The van der Waals surface area contributed by atoms with Gasteiger partial charge in [0.1, 0.15) is 0 Å². The largest absolute Gasteiger partial charge is 0.261 e. The summed E-state index contributed by atoms with van der Waals surface area (Å²) in [6.45, 7) is 3.41. The highest BCUT2D eigenvalue weighted by molar-refractivity contribution is 5.63.